The number of aliphatic hydroxyl groups is 1. The van der Waals surface area contributed by atoms with Crippen molar-refractivity contribution in [3.63, 3.8) is 0 Å². The summed E-state index contributed by atoms with van der Waals surface area (Å²) in [6.07, 6.45) is 0. The Morgan fingerprint density at radius 2 is 1.83 bits per heavy atom. The number of anilines is 1. The minimum absolute atomic E-state index is 0.000163. The van der Waals surface area contributed by atoms with Crippen molar-refractivity contribution >= 4 is 52.0 Å². The van der Waals surface area contributed by atoms with Crippen LogP contribution in [-0.4, -0.2) is 27.1 Å². The molecule has 0 aliphatic heterocycles. The third-order valence-electron chi connectivity index (χ3n) is 4.28. The zero-order valence-electron chi connectivity index (χ0n) is 15.9. The monoisotopic (exact) mass is 435 g/mol. The average molecular weight is 436 g/mol. The number of aromatic nitrogens is 1. The van der Waals surface area contributed by atoms with Gasteiger partial charge in [0.2, 0.25) is 0 Å². The van der Waals surface area contributed by atoms with Crippen molar-refractivity contribution in [1.82, 2.24) is 9.29 Å². The molecular formula is C20H19ClFN3O3S. The minimum atomic E-state index is -1.47. The number of carbonyl (C=O) groups is 2. The molecule has 29 heavy (non-hydrogen) atoms. The number of aryl methyl sites for hydroxylation is 1. The van der Waals surface area contributed by atoms with Crippen LogP contribution < -0.4 is 10.0 Å². The predicted octanol–water partition coefficient (Wildman–Crippen LogP) is 4.12. The first-order chi connectivity index (χ1) is 13.6. The SMILES string of the molecule is Cn1c(C(=O)Nc2ccc(SNC(=O)C(C)(C)O)cc2)cc2c(F)c(Cl)ccc21. The highest BCUT2D eigenvalue weighted by Gasteiger charge is 2.23. The lowest BCUT2D eigenvalue weighted by Crippen LogP contribution is -2.38. The number of benzene rings is 2. The van der Waals surface area contributed by atoms with Crippen molar-refractivity contribution in [2.45, 2.75) is 24.3 Å². The van der Waals surface area contributed by atoms with E-state index in [2.05, 4.69) is 10.0 Å². The molecule has 0 atom stereocenters. The molecule has 3 aromatic rings. The van der Waals surface area contributed by atoms with Gasteiger partial charge in [0.1, 0.15) is 11.3 Å². The topological polar surface area (TPSA) is 83.4 Å². The molecule has 0 spiro atoms. The Kier molecular flexibility index (Phi) is 5.88. The summed E-state index contributed by atoms with van der Waals surface area (Å²) in [5.74, 6) is -1.47. The van der Waals surface area contributed by atoms with E-state index in [1.54, 1.807) is 41.9 Å². The van der Waals surface area contributed by atoms with Gasteiger partial charge in [0.25, 0.3) is 11.8 Å². The third kappa shape index (κ3) is 4.55. The van der Waals surface area contributed by atoms with Crippen molar-refractivity contribution in [2.75, 3.05) is 5.32 Å². The zero-order chi connectivity index (χ0) is 21.3. The van der Waals surface area contributed by atoms with Crippen LogP contribution in [0, 0.1) is 5.82 Å². The second-order valence-corrected chi connectivity index (χ2v) is 8.24. The standard InChI is InChI=1S/C20H19ClFN3O3S/c1-20(2,28)19(27)24-29-12-6-4-11(5-7-12)23-18(26)16-10-13-15(25(16)3)9-8-14(21)17(13)22/h4-10,28H,1-3H3,(H,23,26)(H,24,27). The number of amides is 2. The van der Waals surface area contributed by atoms with Crippen molar-refractivity contribution in [1.29, 1.82) is 0 Å². The molecule has 3 rings (SSSR count). The summed E-state index contributed by atoms with van der Waals surface area (Å²) in [5.41, 5.74) is -0.0798. The van der Waals surface area contributed by atoms with E-state index in [0.717, 1.165) is 16.8 Å². The first-order valence-electron chi connectivity index (χ1n) is 8.62. The molecule has 0 saturated heterocycles. The van der Waals surface area contributed by atoms with E-state index in [1.807, 2.05) is 0 Å². The van der Waals surface area contributed by atoms with E-state index in [0.29, 0.717) is 11.2 Å². The Morgan fingerprint density at radius 3 is 2.45 bits per heavy atom. The predicted molar refractivity (Wildman–Crippen MR) is 113 cm³/mol. The molecule has 2 aromatic carbocycles. The number of fused-ring (bicyclic) bond motifs is 1. The first-order valence-corrected chi connectivity index (χ1v) is 9.82. The number of nitrogens with zero attached hydrogens (tertiary/aromatic N) is 1. The summed E-state index contributed by atoms with van der Waals surface area (Å²) in [7, 11) is 1.68. The van der Waals surface area contributed by atoms with E-state index in [9.17, 15) is 19.1 Å². The van der Waals surface area contributed by atoms with Gasteiger partial charge in [-0.25, -0.2) is 4.39 Å². The van der Waals surface area contributed by atoms with E-state index >= 15 is 0 Å². The maximum atomic E-state index is 14.2. The highest BCUT2D eigenvalue weighted by molar-refractivity contribution is 7.98. The number of carbonyl (C=O) groups excluding carboxylic acids is 2. The minimum Gasteiger partial charge on any atom is -0.381 e. The second kappa shape index (κ2) is 8.06. The van der Waals surface area contributed by atoms with Gasteiger partial charge in [0, 0.05) is 23.0 Å². The molecule has 3 N–H and O–H groups in total. The molecule has 0 aliphatic carbocycles. The molecule has 2 amide bonds. The van der Waals surface area contributed by atoms with E-state index in [4.69, 9.17) is 11.6 Å². The van der Waals surface area contributed by atoms with Gasteiger partial charge in [-0.3, -0.25) is 14.3 Å². The lowest BCUT2D eigenvalue weighted by atomic mass is 10.1. The van der Waals surface area contributed by atoms with Crippen molar-refractivity contribution in [2.24, 2.45) is 7.05 Å². The van der Waals surface area contributed by atoms with Crippen LogP contribution >= 0.6 is 23.5 Å². The van der Waals surface area contributed by atoms with Crippen LogP contribution in [0.4, 0.5) is 10.1 Å². The fourth-order valence-corrected chi connectivity index (χ4v) is 3.50. The van der Waals surface area contributed by atoms with Crippen molar-refractivity contribution < 1.29 is 19.1 Å². The maximum Gasteiger partial charge on any atom is 0.272 e. The van der Waals surface area contributed by atoms with Crippen molar-refractivity contribution in [3.8, 4) is 0 Å². The molecule has 1 heterocycles. The molecule has 0 radical (unpaired) electrons. The molecule has 9 heteroatoms. The molecule has 0 saturated carbocycles. The Balaban J connectivity index is 1.71. The van der Waals surface area contributed by atoms with Crippen LogP contribution in [0.5, 0.6) is 0 Å². The number of nitrogens with one attached hydrogen (secondary N) is 2. The van der Waals surface area contributed by atoms with Crippen LogP contribution in [0.2, 0.25) is 5.02 Å². The fourth-order valence-electron chi connectivity index (χ4n) is 2.60. The Bertz CT molecular complexity index is 1090. The van der Waals surface area contributed by atoms with Crippen molar-refractivity contribution in [3.05, 3.63) is 59.0 Å². The zero-order valence-corrected chi connectivity index (χ0v) is 17.5. The molecule has 0 unspecified atom stereocenters. The average Bonchev–Trinajstić information content (AvgIpc) is 3.00. The van der Waals surface area contributed by atoms with Gasteiger partial charge in [0.15, 0.2) is 5.82 Å². The quantitative estimate of drug-likeness (QED) is 0.526. The highest BCUT2D eigenvalue weighted by Crippen LogP contribution is 2.27. The van der Waals surface area contributed by atoms with Gasteiger partial charge in [-0.2, -0.15) is 0 Å². The lowest BCUT2D eigenvalue weighted by molar-refractivity contribution is -0.134. The van der Waals surface area contributed by atoms with Gasteiger partial charge in [-0.15, -0.1) is 0 Å². The summed E-state index contributed by atoms with van der Waals surface area (Å²) >= 11 is 6.87. The summed E-state index contributed by atoms with van der Waals surface area (Å²) in [6, 6.07) is 11.4. The van der Waals surface area contributed by atoms with Crippen LogP contribution in [0.25, 0.3) is 10.9 Å². The second-order valence-electron chi connectivity index (χ2n) is 6.95. The number of rotatable bonds is 5. The smallest absolute Gasteiger partial charge is 0.272 e. The summed E-state index contributed by atoms with van der Waals surface area (Å²) in [4.78, 5) is 25.0. The van der Waals surface area contributed by atoms with E-state index < -0.39 is 23.2 Å². The van der Waals surface area contributed by atoms with Crippen LogP contribution in [0.1, 0.15) is 24.3 Å². The third-order valence-corrected chi connectivity index (χ3v) is 5.36. The summed E-state index contributed by atoms with van der Waals surface area (Å²) in [5, 5.41) is 12.7. The first kappa shape index (κ1) is 21.2. The van der Waals surface area contributed by atoms with Gasteiger partial charge in [-0.1, -0.05) is 11.6 Å². The molecule has 0 bridgehead atoms. The lowest BCUT2D eigenvalue weighted by Gasteiger charge is -2.15. The van der Waals surface area contributed by atoms with Crippen LogP contribution in [0.3, 0.4) is 0 Å². The number of hydrogen-bond donors (Lipinski definition) is 3. The molecule has 0 aliphatic rings. The summed E-state index contributed by atoms with van der Waals surface area (Å²) in [6.45, 7) is 2.79. The van der Waals surface area contributed by atoms with Crippen LogP contribution in [0.15, 0.2) is 47.4 Å². The van der Waals surface area contributed by atoms with E-state index in [-0.39, 0.29) is 16.1 Å². The molecule has 152 valence electrons. The van der Waals surface area contributed by atoms with E-state index in [1.165, 1.54) is 26.0 Å². The highest BCUT2D eigenvalue weighted by atomic mass is 35.5. The maximum absolute atomic E-state index is 14.2. The fraction of sp³-hybridized carbons (Fsp3) is 0.200. The largest absolute Gasteiger partial charge is 0.381 e. The number of halogens is 2. The normalized spacial score (nSPS) is 11.5. The molecule has 0 fully saturated rings. The van der Waals surface area contributed by atoms with Gasteiger partial charge < -0.3 is 15.0 Å². The van der Waals surface area contributed by atoms with Gasteiger partial charge >= 0.3 is 0 Å². The van der Waals surface area contributed by atoms with Crippen LogP contribution in [-0.2, 0) is 11.8 Å². The molecule has 1 aromatic heterocycles. The summed E-state index contributed by atoms with van der Waals surface area (Å²) < 4.78 is 18.4. The molecular weight excluding hydrogens is 417 g/mol. The Morgan fingerprint density at radius 1 is 1.17 bits per heavy atom. The Labute approximate surface area is 176 Å². The Hall–Kier alpha value is -2.55. The van der Waals surface area contributed by atoms with Gasteiger partial charge in [0.05, 0.1) is 10.5 Å². The number of hydrogen-bond acceptors (Lipinski definition) is 4. The van der Waals surface area contributed by atoms with Gasteiger partial charge in [-0.05, 0) is 68.3 Å². The molecule has 6 nitrogen and oxygen atoms in total.